The summed E-state index contributed by atoms with van der Waals surface area (Å²) in [4.78, 5) is 15.2. The van der Waals surface area contributed by atoms with Gasteiger partial charge in [0.15, 0.2) is 5.65 Å². The Morgan fingerprint density at radius 2 is 2.04 bits per heavy atom. The molecule has 0 aliphatic rings. The molecular formula is C18H19N7O. The van der Waals surface area contributed by atoms with Crippen LogP contribution in [0, 0.1) is 20.8 Å². The molecule has 0 amide bonds. The van der Waals surface area contributed by atoms with Crippen LogP contribution in [0.4, 0.5) is 5.82 Å². The van der Waals surface area contributed by atoms with Crippen LogP contribution >= 0.6 is 0 Å². The molecule has 0 aliphatic heterocycles. The smallest absolute Gasteiger partial charge is 0.246 e. The van der Waals surface area contributed by atoms with Crippen LogP contribution in [0.2, 0.25) is 0 Å². The van der Waals surface area contributed by atoms with Gasteiger partial charge in [0.2, 0.25) is 11.7 Å². The highest BCUT2D eigenvalue weighted by Gasteiger charge is 2.16. The summed E-state index contributed by atoms with van der Waals surface area (Å²) in [5.41, 5.74) is 4.68. The summed E-state index contributed by atoms with van der Waals surface area (Å²) in [5, 5.41) is 8.65. The summed E-state index contributed by atoms with van der Waals surface area (Å²) >= 11 is 0. The van der Waals surface area contributed by atoms with Gasteiger partial charge in [0.1, 0.15) is 5.82 Å². The first-order chi connectivity index (χ1) is 12.5. The first-order valence-corrected chi connectivity index (χ1v) is 8.30. The Hall–Kier alpha value is -3.29. The van der Waals surface area contributed by atoms with E-state index in [-0.39, 0.29) is 0 Å². The molecule has 0 N–H and O–H groups in total. The van der Waals surface area contributed by atoms with Gasteiger partial charge in [-0.1, -0.05) is 5.16 Å². The van der Waals surface area contributed by atoms with Crippen LogP contribution in [0.5, 0.6) is 0 Å². The number of hydrogen-bond donors (Lipinski definition) is 0. The van der Waals surface area contributed by atoms with Crippen molar-refractivity contribution in [1.29, 1.82) is 0 Å². The van der Waals surface area contributed by atoms with Crippen molar-refractivity contribution in [2.75, 3.05) is 11.9 Å². The predicted molar refractivity (Wildman–Crippen MR) is 96.8 cm³/mol. The Balaban J connectivity index is 1.65. The van der Waals surface area contributed by atoms with Gasteiger partial charge in [0.05, 0.1) is 12.2 Å². The average molecular weight is 349 g/mol. The van der Waals surface area contributed by atoms with Gasteiger partial charge in [0, 0.05) is 42.3 Å². The van der Waals surface area contributed by atoms with Gasteiger partial charge < -0.3 is 9.42 Å². The zero-order chi connectivity index (χ0) is 18.3. The second-order valence-corrected chi connectivity index (χ2v) is 6.31. The number of pyridine rings is 1. The minimum atomic E-state index is 0.462. The van der Waals surface area contributed by atoms with Gasteiger partial charge in [-0.25, -0.2) is 4.98 Å². The number of aromatic nitrogens is 6. The zero-order valence-electron chi connectivity index (χ0n) is 15.1. The van der Waals surface area contributed by atoms with Crippen LogP contribution in [-0.4, -0.2) is 36.8 Å². The van der Waals surface area contributed by atoms with Gasteiger partial charge >= 0.3 is 0 Å². The molecule has 0 saturated heterocycles. The fraction of sp³-hybridized carbons (Fsp3) is 0.278. The van der Waals surface area contributed by atoms with Crippen molar-refractivity contribution < 1.29 is 4.52 Å². The maximum absolute atomic E-state index is 5.41. The van der Waals surface area contributed by atoms with Crippen LogP contribution < -0.4 is 4.90 Å². The molecule has 0 spiro atoms. The lowest BCUT2D eigenvalue weighted by atomic mass is 10.3. The van der Waals surface area contributed by atoms with Crippen LogP contribution in [0.15, 0.2) is 35.1 Å². The molecule has 0 saturated carbocycles. The van der Waals surface area contributed by atoms with E-state index < -0.39 is 0 Å². The van der Waals surface area contributed by atoms with Crippen molar-refractivity contribution >= 4 is 11.5 Å². The van der Waals surface area contributed by atoms with Crippen LogP contribution in [0.3, 0.4) is 0 Å². The van der Waals surface area contributed by atoms with Gasteiger partial charge in [-0.05, 0) is 32.9 Å². The summed E-state index contributed by atoms with van der Waals surface area (Å²) in [6.07, 6.45) is 3.42. The van der Waals surface area contributed by atoms with E-state index in [4.69, 9.17) is 4.52 Å². The number of anilines is 1. The summed E-state index contributed by atoms with van der Waals surface area (Å²) in [5.74, 6) is 1.97. The molecule has 8 heteroatoms. The SMILES string of the molecule is Cc1cc(N(C)Cc2nc(-c3cccnc3)no2)n2nc(C)c(C)c2n1. The number of rotatable bonds is 4. The van der Waals surface area contributed by atoms with E-state index in [9.17, 15) is 0 Å². The summed E-state index contributed by atoms with van der Waals surface area (Å²) in [6, 6.07) is 5.74. The molecule has 0 aromatic carbocycles. The summed E-state index contributed by atoms with van der Waals surface area (Å²) in [7, 11) is 1.97. The first-order valence-electron chi connectivity index (χ1n) is 8.30. The van der Waals surface area contributed by atoms with Crippen LogP contribution in [0.25, 0.3) is 17.0 Å². The van der Waals surface area contributed by atoms with Gasteiger partial charge in [0.25, 0.3) is 0 Å². The lowest BCUT2D eigenvalue weighted by Crippen LogP contribution is -2.20. The summed E-state index contributed by atoms with van der Waals surface area (Å²) < 4.78 is 7.26. The number of aryl methyl sites for hydroxylation is 3. The number of nitrogens with zero attached hydrogens (tertiary/aromatic N) is 7. The van der Waals surface area contributed by atoms with Crippen LogP contribution in [0.1, 0.15) is 22.8 Å². The van der Waals surface area contributed by atoms with E-state index in [0.29, 0.717) is 18.3 Å². The third kappa shape index (κ3) is 2.79. The van der Waals surface area contributed by atoms with Crippen molar-refractivity contribution in [3.05, 3.63) is 53.4 Å². The maximum Gasteiger partial charge on any atom is 0.246 e. The van der Waals surface area contributed by atoms with Gasteiger partial charge in [-0.15, -0.1) is 0 Å². The molecule has 0 unspecified atom stereocenters. The molecule has 4 aromatic heterocycles. The lowest BCUT2D eigenvalue weighted by Gasteiger charge is -2.18. The fourth-order valence-corrected chi connectivity index (χ4v) is 2.82. The van der Waals surface area contributed by atoms with E-state index in [1.54, 1.807) is 12.4 Å². The van der Waals surface area contributed by atoms with Crippen molar-refractivity contribution in [2.24, 2.45) is 0 Å². The van der Waals surface area contributed by atoms with E-state index >= 15 is 0 Å². The molecule has 4 rings (SSSR count). The number of hydrogen-bond acceptors (Lipinski definition) is 7. The van der Waals surface area contributed by atoms with Crippen LogP contribution in [-0.2, 0) is 6.54 Å². The molecular weight excluding hydrogens is 330 g/mol. The molecule has 0 aliphatic carbocycles. The van der Waals surface area contributed by atoms with Gasteiger partial charge in [-0.3, -0.25) is 4.98 Å². The number of fused-ring (bicyclic) bond motifs is 1. The highest BCUT2D eigenvalue weighted by molar-refractivity contribution is 5.57. The molecule has 0 bridgehead atoms. The standard InChI is InChI=1S/C18H19N7O/c1-11-8-16(25-18(20-11)12(2)13(3)22-25)24(4)10-15-21-17(23-26-15)14-6-5-7-19-9-14/h5-9H,10H2,1-4H3. The van der Waals surface area contributed by atoms with Crippen molar-refractivity contribution in [2.45, 2.75) is 27.3 Å². The van der Waals surface area contributed by atoms with Crippen molar-refractivity contribution in [3.8, 4) is 11.4 Å². The topological polar surface area (TPSA) is 85.2 Å². The Labute approximate surface area is 150 Å². The maximum atomic E-state index is 5.41. The van der Waals surface area contributed by atoms with E-state index in [0.717, 1.165) is 34.0 Å². The molecule has 0 radical (unpaired) electrons. The molecule has 132 valence electrons. The molecule has 4 aromatic rings. The molecule has 0 fully saturated rings. The normalized spacial score (nSPS) is 11.2. The van der Waals surface area contributed by atoms with Crippen molar-refractivity contribution in [1.82, 2.24) is 29.7 Å². The molecule has 26 heavy (non-hydrogen) atoms. The van der Waals surface area contributed by atoms with E-state index in [2.05, 4.69) is 25.2 Å². The molecule has 8 nitrogen and oxygen atoms in total. The van der Waals surface area contributed by atoms with Gasteiger partial charge in [-0.2, -0.15) is 14.6 Å². The molecule has 0 atom stereocenters. The van der Waals surface area contributed by atoms with Crippen molar-refractivity contribution in [3.63, 3.8) is 0 Å². The Morgan fingerprint density at radius 3 is 2.81 bits per heavy atom. The minimum absolute atomic E-state index is 0.462. The largest absolute Gasteiger partial charge is 0.350 e. The Bertz CT molecular complexity index is 1070. The third-order valence-corrected chi connectivity index (χ3v) is 4.32. The lowest BCUT2D eigenvalue weighted by molar-refractivity contribution is 0.378. The zero-order valence-corrected chi connectivity index (χ0v) is 15.1. The first kappa shape index (κ1) is 16.2. The van der Waals surface area contributed by atoms with E-state index in [1.165, 1.54) is 0 Å². The molecule has 4 heterocycles. The second-order valence-electron chi connectivity index (χ2n) is 6.31. The average Bonchev–Trinajstić information content (AvgIpc) is 3.21. The minimum Gasteiger partial charge on any atom is -0.350 e. The monoisotopic (exact) mass is 349 g/mol. The van der Waals surface area contributed by atoms with E-state index in [1.807, 2.05) is 55.4 Å². The summed E-state index contributed by atoms with van der Waals surface area (Å²) in [6.45, 7) is 6.46. The fourth-order valence-electron chi connectivity index (χ4n) is 2.82. The quantitative estimate of drug-likeness (QED) is 0.560. The predicted octanol–water partition coefficient (Wildman–Crippen LogP) is 2.74. The Kier molecular flexibility index (Phi) is 3.87. The third-order valence-electron chi connectivity index (χ3n) is 4.32. The highest BCUT2D eigenvalue weighted by Crippen LogP contribution is 2.22. The Morgan fingerprint density at radius 1 is 1.19 bits per heavy atom. The second kappa shape index (κ2) is 6.21. The highest BCUT2D eigenvalue weighted by atomic mass is 16.5.